The van der Waals surface area contributed by atoms with Gasteiger partial charge < -0.3 is 4.74 Å². The smallest absolute Gasteiger partial charge is 0.414 e. The number of nitriles is 1. The number of amides is 1. The summed E-state index contributed by atoms with van der Waals surface area (Å²) in [4.78, 5) is 13.2. The third-order valence-electron chi connectivity index (χ3n) is 2.72. The van der Waals surface area contributed by atoms with E-state index in [0.29, 0.717) is 17.9 Å². The molecule has 1 heterocycles. The van der Waals surface area contributed by atoms with Gasteiger partial charge in [-0.15, -0.1) is 0 Å². The van der Waals surface area contributed by atoms with Crippen molar-refractivity contribution in [3.8, 4) is 6.07 Å². The lowest BCUT2D eigenvalue weighted by atomic mass is 10.1. The van der Waals surface area contributed by atoms with Gasteiger partial charge in [0.25, 0.3) is 0 Å². The molecule has 1 aromatic carbocycles. The first-order valence-electron chi connectivity index (χ1n) is 5.23. The first-order valence-corrected chi connectivity index (χ1v) is 5.23. The van der Waals surface area contributed by atoms with E-state index in [1.165, 1.54) is 0 Å². The molecule has 1 aliphatic rings. The van der Waals surface area contributed by atoms with Gasteiger partial charge in [0.1, 0.15) is 12.7 Å². The average molecular weight is 216 g/mol. The first kappa shape index (κ1) is 10.5. The number of nitrogens with zero attached hydrogens (tertiary/aromatic N) is 2. The molecule has 1 fully saturated rings. The zero-order valence-electron chi connectivity index (χ0n) is 9.01. The molecular formula is C12H12N2O2. The van der Waals surface area contributed by atoms with Gasteiger partial charge in [-0.3, -0.25) is 4.90 Å². The SMILES string of the molecule is CCC1COC(=O)N1c1ccccc1C#N. The predicted octanol–water partition coefficient (Wildman–Crippen LogP) is 2.29. The maximum Gasteiger partial charge on any atom is 0.414 e. The molecule has 0 N–H and O–H groups in total. The van der Waals surface area contributed by atoms with E-state index in [2.05, 4.69) is 6.07 Å². The maximum atomic E-state index is 11.6. The van der Waals surface area contributed by atoms with Crippen LogP contribution in [-0.2, 0) is 4.74 Å². The lowest BCUT2D eigenvalue weighted by molar-refractivity contribution is 0.178. The molecule has 1 saturated heterocycles. The third-order valence-corrected chi connectivity index (χ3v) is 2.72. The number of rotatable bonds is 2. The van der Waals surface area contributed by atoms with Crippen molar-refractivity contribution in [3.63, 3.8) is 0 Å². The molecule has 1 unspecified atom stereocenters. The molecule has 1 aromatic rings. The van der Waals surface area contributed by atoms with E-state index in [0.717, 1.165) is 6.42 Å². The summed E-state index contributed by atoms with van der Waals surface area (Å²) >= 11 is 0. The largest absolute Gasteiger partial charge is 0.447 e. The highest BCUT2D eigenvalue weighted by atomic mass is 16.6. The van der Waals surface area contributed by atoms with Crippen LogP contribution in [-0.4, -0.2) is 18.7 Å². The van der Waals surface area contributed by atoms with Crippen molar-refractivity contribution < 1.29 is 9.53 Å². The second-order valence-electron chi connectivity index (χ2n) is 3.64. The number of benzene rings is 1. The lowest BCUT2D eigenvalue weighted by Crippen LogP contribution is -2.33. The molecule has 0 radical (unpaired) electrons. The molecule has 2 rings (SSSR count). The van der Waals surface area contributed by atoms with Crippen LogP contribution in [0.15, 0.2) is 24.3 Å². The second-order valence-corrected chi connectivity index (χ2v) is 3.64. The van der Waals surface area contributed by atoms with Gasteiger partial charge >= 0.3 is 6.09 Å². The van der Waals surface area contributed by atoms with Gasteiger partial charge in [0.15, 0.2) is 0 Å². The van der Waals surface area contributed by atoms with E-state index in [1.54, 1.807) is 23.1 Å². The zero-order valence-corrected chi connectivity index (χ0v) is 9.01. The summed E-state index contributed by atoms with van der Waals surface area (Å²) in [5.41, 5.74) is 1.14. The summed E-state index contributed by atoms with van der Waals surface area (Å²) in [5.74, 6) is 0. The van der Waals surface area contributed by atoms with Crippen molar-refractivity contribution in [2.24, 2.45) is 0 Å². The van der Waals surface area contributed by atoms with Gasteiger partial charge in [-0.2, -0.15) is 5.26 Å². The molecule has 1 atom stereocenters. The molecule has 4 heteroatoms. The van der Waals surface area contributed by atoms with E-state index < -0.39 is 0 Å². The minimum Gasteiger partial charge on any atom is -0.447 e. The number of para-hydroxylation sites is 1. The summed E-state index contributed by atoms with van der Waals surface area (Å²) in [6, 6.07) is 9.19. The number of hydrogen-bond donors (Lipinski definition) is 0. The van der Waals surface area contributed by atoms with Crippen LogP contribution in [0.4, 0.5) is 10.5 Å². The first-order chi connectivity index (χ1) is 7.77. The molecule has 4 nitrogen and oxygen atoms in total. The fourth-order valence-electron chi connectivity index (χ4n) is 1.83. The molecule has 1 aliphatic heterocycles. The number of carbonyl (C=O) groups excluding carboxylic acids is 1. The maximum absolute atomic E-state index is 11.6. The Morgan fingerprint density at radius 1 is 1.56 bits per heavy atom. The highest BCUT2D eigenvalue weighted by Crippen LogP contribution is 2.27. The molecule has 0 aromatic heterocycles. The Labute approximate surface area is 94.0 Å². The molecule has 16 heavy (non-hydrogen) atoms. The average Bonchev–Trinajstić information content (AvgIpc) is 2.70. The standard InChI is InChI=1S/C12H12N2O2/c1-2-10-8-16-12(15)14(10)11-6-4-3-5-9(11)7-13/h3-6,10H,2,8H2,1H3. The van der Waals surface area contributed by atoms with Gasteiger partial charge in [0, 0.05) is 0 Å². The lowest BCUT2D eigenvalue weighted by Gasteiger charge is -2.20. The van der Waals surface area contributed by atoms with Gasteiger partial charge in [-0.05, 0) is 18.6 Å². The Morgan fingerprint density at radius 3 is 3.00 bits per heavy atom. The van der Waals surface area contributed by atoms with Crippen molar-refractivity contribution in [1.29, 1.82) is 5.26 Å². The number of carbonyl (C=O) groups is 1. The van der Waals surface area contributed by atoms with Crippen LogP contribution in [0.1, 0.15) is 18.9 Å². The number of hydrogen-bond acceptors (Lipinski definition) is 3. The molecule has 82 valence electrons. The number of cyclic esters (lactones) is 1. The molecule has 0 bridgehead atoms. The zero-order chi connectivity index (χ0) is 11.5. The van der Waals surface area contributed by atoms with Crippen LogP contribution >= 0.6 is 0 Å². The van der Waals surface area contributed by atoms with Crippen LogP contribution in [0.5, 0.6) is 0 Å². The van der Waals surface area contributed by atoms with Crippen LogP contribution in [0.25, 0.3) is 0 Å². The highest BCUT2D eigenvalue weighted by Gasteiger charge is 2.33. The summed E-state index contributed by atoms with van der Waals surface area (Å²) in [5, 5.41) is 9.00. The molecule has 0 saturated carbocycles. The molecule has 0 spiro atoms. The Balaban J connectivity index is 2.43. The van der Waals surface area contributed by atoms with E-state index in [1.807, 2.05) is 13.0 Å². The van der Waals surface area contributed by atoms with Gasteiger partial charge in [0.2, 0.25) is 0 Å². The Morgan fingerprint density at radius 2 is 2.31 bits per heavy atom. The Kier molecular flexibility index (Phi) is 2.78. The number of anilines is 1. The van der Waals surface area contributed by atoms with Gasteiger partial charge in [-0.25, -0.2) is 4.79 Å². The quantitative estimate of drug-likeness (QED) is 0.762. The summed E-state index contributed by atoms with van der Waals surface area (Å²) in [6.07, 6.45) is 0.445. The predicted molar refractivity (Wildman–Crippen MR) is 59.1 cm³/mol. The van der Waals surface area contributed by atoms with E-state index >= 15 is 0 Å². The Bertz CT molecular complexity index is 451. The normalized spacial score (nSPS) is 19.4. The molecular weight excluding hydrogens is 204 g/mol. The van der Waals surface area contributed by atoms with Gasteiger partial charge in [0.05, 0.1) is 17.3 Å². The van der Waals surface area contributed by atoms with Crippen molar-refractivity contribution in [3.05, 3.63) is 29.8 Å². The number of ether oxygens (including phenoxy) is 1. The van der Waals surface area contributed by atoms with E-state index in [9.17, 15) is 4.79 Å². The third kappa shape index (κ3) is 1.61. The Hall–Kier alpha value is -2.02. The van der Waals surface area contributed by atoms with Crippen molar-refractivity contribution in [2.75, 3.05) is 11.5 Å². The summed E-state index contributed by atoms with van der Waals surface area (Å²) in [6.45, 7) is 2.39. The topological polar surface area (TPSA) is 53.3 Å². The summed E-state index contributed by atoms with van der Waals surface area (Å²) < 4.78 is 5.00. The monoisotopic (exact) mass is 216 g/mol. The van der Waals surface area contributed by atoms with Crippen molar-refractivity contribution in [2.45, 2.75) is 19.4 Å². The van der Waals surface area contributed by atoms with Crippen molar-refractivity contribution in [1.82, 2.24) is 0 Å². The van der Waals surface area contributed by atoms with Gasteiger partial charge in [-0.1, -0.05) is 19.1 Å². The van der Waals surface area contributed by atoms with E-state index in [-0.39, 0.29) is 12.1 Å². The van der Waals surface area contributed by atoms with Crippen LogP contribution in [0.2, 0.25) is 0 Å². The minimum atomic E-state index is -0.366. The fraction of sp³-hybridized carbons (Fsp3) is 0.333. The van der Waals surface area contributed by atoms with Crippen LogP contribution in [0, 0.1) is 11.3 Å². The summed E-state index contributed by atoms with van der Waals surface area (Å²) in [7, 11) is 0. The second kappa shape index (κ2) is 4.23. The minimum absolute atomic E-state index is 0.0296. The molecule has 1 amide bonds. The van der Waals surface area contributed by atoms with Crippen LogP contribution < -0.4 is 4.90 Å². The van der Waals surface area contributed by atoms with Crippen LogP contribution in [0.3, 0.4) is 0 Å². The highest BCUT2D eigenvalue weighted by molar-refractivity contribution is 5.91. The van der Waals surface area contributed by atoms with E-state index in [4.69, 9.17) is 10.00 Å². The fourth-order valence-corrected chi connectivity index (χ4v) is 1.83. The molecule has 0 aliphatic carbocycles. The van der Waals surface area contributed by atoms with Crippen molar-refractivity contribution >= 4 is 11.8 Å².